The number of para-hydroxylation sites is 1. The van der Waals surface area contributed by atoms with Crippen molar-refractivity contribution in [3.8, 4) is 0 Å². The molecule has 2 aliphatic carbocycles. The van der Waals surface area contributed by atoms with Crippen molar-refractivity contribution >= 4 is 11.6 Å². The van der Waals surface area contributed by atoms with Gasteiger partial charge in [0.25, 0.3) is 0 Å². The van der Waals surface area contributed by atoms with Crippen LogP contribution in [0.3, 0.4) is 0 Å². The summed E-state index contributed by atoms with van der Waals surface area (Å²) < 4.78 is 0. The molecule has 2 nitrogen and oxygen atoms in total. The van der Waals surface area contributed by atoms with E-state index in [1.54, 1.807) is 0 Å². The van der Waals surface area contributed by atoms with Gasteiger partial charge >= 0.3 is 0 Å². The Balaban J connectivity index is 1.64. The Hall–Kier alpha value is -1.31. The van der Waals surface area contributed by atoms with E-state index in [0.29, 0.717) is 17.8 Å². The molecule has 2 saturated carbocycles. The number of amides is 1. The highest BCUT2D eigenvalue weighted by Gasteiger charge is 2.52. The van der Waals surface area contributed by atoms with E-state index in [0.717, 1.165) is 17.5 Å². The monoisotopic (exact) mass is 257 g/mol. The standard InChI is InChI=1S/C17H23NO/c1-17(2)13-9-8-12(10-13)15(17)11-16(19)18-14-6-4-3-5-7-14/h3-7,12-13,15H,8-11H2,1-2H3,(H,18,19)/t12-,13-,15-/m0/s1. The molecule has 0 radical (unpaired) electrons. The fourth-order valence-corrected chi connectivity index (χ4v) is 4.33. The lowest BCUT2D eigenvalue weighted by atomic mass is 9.67. The lowest BCUT2D eigenvalue weighted by Crippen LogP contribution is -2.33. The molecule has 0 saturated heterocycles. The van der Waals surface area contributed by atoms with Crippen molar-refractivity contribution in [3.05, 3.63) is 30.3 Å². The van der Waals surface area contributed by atoms with Gasteiger partial charge in [0.2, 0.25) is 5.91 Å². The first kappa shape index (κ1) is 12.7. The summed E-state index contributed by atoms with van der Waals surface area (Å²) in [5, 5.41) is 3.03. The molecule has 1 amide bonds. The molecule has 1 aromatic carbocycles. The van der Waals surface area contributed by atoms with Crippen molar-refractivity contribution in [2.45, 2.75) is 39.5 Å². The zero-order chi connectivity index (χ0) is 13.5. The maximum atomic E-state index is 12.2. The van der Waals surface area contributed by atoms with E-state index < -0.39 is 0 Å². The van der Waals surface area contributed by atoms with Crippen LogP contribution in [0.15, 0.2) is 30.3 Å². The van der Waals surface area contributed by atoms with E-state index in [1.807, 2.05) is 30.3 Å². The number of hydrogen-bond donors (Lipinski definition) is 1. The van der Waals surface area contributed by atoms with Crippen molar-refractivity contribution in [2.75, 3.05) is 5.32 Å². The first-order valence-electron chi connectivity index (χ1n) is 7.42. The summed E-state index contributed by atoms with van der Waals surface area (Å²) in [6, 6.07) is 9.77. The van der Waals surface area contributed by atoms with Crippen molar-refractivity contribution in [1.29, 1.82) is 0 Å². The molecular weight excluding hydrogens is 234 g/mol. The minimum absolute atomic E-state index is 0.178. The van der Waals surface area contributed by atoms with Crippen molar-refractivity contribution in [3.63, 3.8) is 0 Å². The maximum absolute atomic E-state index is 12.2. The van der Waals surface area contributed by atoms with Gasteiger partial charge in [-0.2, -0.15) is 0 Å². The largest absolute Gasteiger partial charge is 0.326 e. The SMILES string of the molecule is CC1(C)[C@H]2CC[C@@H](C2)[C@@H]1CC(=O)Nc1ccccc1. The molecule has 3 atom stereocenters. The average Bonchev–Trinajstić information content (AvgIpc) is 2.93. The van der Waals surface area contributed by atoms with Crippen molar-refractivity contribution in [2.24, 2.45) is 23.2 Å². The Kier molecular flexibility index (Phi) is 3.12. The number of fused-ring (bicyclic) bond motifs is 2. The third kappa shape index (κ3) is 2.29. The Morgan fingerprint density at radius 2 is 2.00 bits per heavy atom. The number of carbonyl (C=O) groups excluding carboxylic acids is 1. The van der Waals surface area contributed by atoms with Crippen LogP contribution in [0.4, 0.5) is 5.69 Å². The van der Waals surface area contributed by atoms with Gasteiger partial charge in [-0.25, -0.2) is 0 Å². The van der Waals surface area contributed by atoms with Gasteiger partial charge in [-0.1, -0.05) is 32.0 Å². The molecule has 2 heteroatoms. The zero-order valence-corrected chi connectivity index (χ0v) is 11.9. The number of carbonyl (C=O) groups is 1. The van der Waals surface area contributed by atoms with Crippen LogP contribution in [-0.2, 0) is 4.79 Å². The molecule has 3 rings (SSSR count). The number of rotatable bonds is 3. The molecule has 102 valence electrons. The molecule has 2 aliphatic rings. The van der Waals surface area contributed by atoms with Gasteiger partial charge in [0.1, 0.15) is 0 Å². The van der Waals surface area contributed by atoms with E-state index in [2.05, 4.69) is 19.2 Å². The van der Waals surface area contributed by atoms with Gasteiger partial charge in [-0.3, -0.25) is 4.79 Å². The van der Waals surface area contributed by atoms with Gasteiger partial charge < -0.3 is 5.32 Å². The van der Waals surface area contributed by atoms with Gasteiger partial charge in [-0.15, -0.1) is 0 Å². The van der Waals surface area contributed by atoms with Gasteiger partial charge in [0, 0.05) is 12.1 Å². The van der Waals surface area contributed by atoms with Crippen LogP contribution >= 0.6 is 0 Å². The summed E-state index contributed by atoms with van der Waals surface area (Å²) in [6.07, 6.45) is 4.73. The maximum Gasteiger partial charge on any atom is 0.224 e. The molecule has 0 spiro atoms. The van der Waals surface area contributed by atoms with Gasteiger partial charge in [0.15, 0.2) is 0 Å². The number of anilines is 1. The normalized spacial score (nSPS) is 31.4. The summed E-state index contributed by atoms with van der Waals surface area (Å²) >= 11 is 0. The van der Waals surface area contributed by atoms with Crippen LogP contribution < -0.4 is 5.32 Å². The zero-order valence-electron chi connectivity index (χ0n) is 11.9. The van der Waals surface area contributed by atoms with Gasteiger partial charge in [-0.05, 0) is 54.6 Å². The highest BCUT2D eigenvalue weighted by atomic mass is 16.1. The molecule has 2 bridgehead atoms. The fraction of sp³-hybridized carbons (Fsp3) is 0.588. The molecular formula is C17H23NO. The van der Waals surface area contributed by atoms with Gasteiger partial charge in [0.05, 0.1) is 0 Å². The lowest BCUT2D eigenvalue weighted by molar-refractivity contribution is -0.118. The highest BCUT2D eigenvalue weighted by Crippen LogP contribution is 2.60. The van der Waals surface area contributed by atoms with Crippen LogP contribution in [-0.4, -0.2) is 5.91 Å². The minimum atomic E-state index is 0.178. The summed E-state index contributed by atoms with van der Waals surface area (Å²) in [4.78, 5) is 12.2. The van der Waals surface area contributed by atoms with E-state index >= 15 is 0 Å². The van der Waals surface area contributed by atoms with E-state index in [1.165, 1.54) is 19.3 Å². The minimum Gasteiger partial charge on any atom is -0.326 e. The van der Waals surface area contributed by atoms with Crippen LogP contribution in [0.25, 0.3) is 0 Å². The Morgan fingerprint density at radius 1 is 1.26 bits per heavy atom. The number of benzene rings is 1. The first-order valence-corrected chi connectivity index (χ1v) is 7.42. The predicted octanol–water partition coefficient (Wildman–Crippen LogP) is 4.09. The van der Waals surface area contributed by atoms with E-state index in [-0.39, 0.29) is 5.91 Å². The van der Waals surface area contributed by atoms with Crippen molar-refractivity contribution in [1.82, 2.24) is 0 Å². The molecule has 1 aromatic rings. The van der Waals surface area contributed by atoms with Crippen LogP contribution in [0, 0.1) is 23.2 Å². The van der Waals surface area contributed by atoms with E-state index in [4.69, 9.17) is 0 Å². The Morgan fingerprint density at radius 3 is 2.63 bits per heavy atom. The molecule has 0 unspecified atom stereocenters. The Bertz CT molecular complexity index is 465. The van der Waals surface area contributed by atoms with E-state index in [9.17, 15) is 4.79 Å². The quantitative estimate of drug-likeness (QED) is 0.868. The molecule has 19 heavy (non-hydrogen) atoms. The van der Waals surface area contributed by atoms with Crippen LogP contribution in [0.2, 0.25) is 0 Å². The number of nitrogens with one attached hydrogen (secondary N) is 1. The highest BCUT2D eigenvalue weighted by molar-refractivity contribution is 5.90. The number of hydrogen-bond acceptors (Lipinski definition) is 1. The topological polar surface area (TPSA) is 29.1 Å². The third-order valence-electron chi connectivity index (χ3n) is 5.51. The summed E-state index contributed by atoms with van der Waals surface area (Å²) in [7, 11) is 0. The summed E-state index contributed by atoms with van der Waals surface area (Å²) in [5.74, 6) is 2.36. The lowest BCUT2D eigenvalue weighted by Gasteiger charge is -2.38. The fourth-order valence-electron chi connectivity index (χ4n) is 4.33. The second-order valence-electron chi connectivity index (χ2n) is 6.82. The molecule has 0 heterocycles. The predicted molar refractivity (Wildman–Crippen MR) is 77.8 cm³/mol. The molecule has 2 fully saturated rings. The summed E-state index contributed by atoms with van der Waals surface area (Å²) in [5.41, 5.74) is 1.25. The molecule has 0 aromatic heterocycles. The Labute approximate surface area is 115 Å². The van der Waals surface area contributed by atoms with Crippen LogP contribution in [0.5, 0.6) is 0 Å². The molecule has 1 N–H and O–H groups in total. The first-order chi connectivity index (χ1) is 9.07. The van der Waals surface area contributed by atoms with Crippen LogP contribution in [0.1, 0.15) is 39.5 Å². The van der Waals surface area contributed by atoms with Crippen molar-refractivity contribution < 1.29 is 4.79 Å². The second kappa shape index (κ2) is 4.66. The average molecular weight is 257 g/mol. The smallest absolute Gasteiger partial charge is 0.224 e. The molecule has 0 aliphatic heterocycles. The second-order valence-corrected chi connectivity index (χ2v) is 6.82. The third-order valence-corrected chi connectivity index (χ3v) is 5.51. The summed E-state index contributed by atoms with van der Waals surface area (Å²) in [6.45, 7) is 4.72.